The van der Waals surface area contributed by atoms with Crippen LogP contribution in [0.15, 0.2) is 67.0 Å². The van der Waals surface area contributed by atoms with E-state index in [-0.39, 0.29) is 11.9 Å². The van der Waals surface area contributed by atoms with E-state index in [1.807, 2.05) is 12.1 Å². The number of fused-ring (bicyclic) bond motifs is 1. The van der Waals surface area contributed by atoms with Crippen LogP contribution >= 0.6 is 0 Å². The molecule has 1 saturated carbocycles. The zero-order valence-electron chi connectivity index (χ0n) is 20.4. The van der Waals surface area contributed by atoms with Gasteiger partial charge in [0.1, 0.15) is 5.75 Å². The Hall–Kier alpha value is -3.91. The van der Waals surface area contributed by atoms with Crippen molar-refractivity contribution in [1.29, 1.82) is 0 Å². The van der Waals surface area contributed by atoms with E-state index in [1.54, 1.807) is 18.5 Å². The number of ether oxygens (including phenoxy) is 1. The normalized spacial score (nSPS) is 16.3. The van der Waals surface area contributed by atoms with Gasteiger partial charge in [0.15, 0.2) is 0 Å². The molecule has 1 aliphatic carbocycles. The quantitative estimate of drug-likeness (QED) is 0.402. The molecule has 6 rings (SSSR count). The molecule has 0 amide bonds. The number of aromatic hydroxyl groups is 1. The SMILES string of the molecule is CN1CCN(c2cccc(N(CC3CC3)c3ccc(Oc4nc(O)c5ccncc5n4)cc3)c2)CC1. The molecule has 0 bridgehead atoms. The summed E-state index contributed by atoms with van der Waals surface area (Å²) in [6.45, 7) is 5.29. The van der Waals surface area contributed by atoms with E-state index in [0.717, 1.165) is 44.3 Å². The Bertz CT molecular complexity index is 1350. The van der Waals surface area contributed by atoms with Crippen LogP contribution in [0.3, 0.4) is 0 Å². The number of anilines is 3. The first-order valence-electron chi connectivity index (χ1n) is 12.5. The van der Waals surface area contributed by atoms with Crippen molar-refractivity contribution in [3.63, 3.8) is 0 Å². The fraction of sp³-hybridized carbons (Fsp3) is 0.321. The molecular weight excluding hydrogens is 452 g/mol. The Morgan fingerprint density at radius 3 is 2.56 bits per heavy atom. The van der Waals surface area contributed by atoms with Crippen LogP contribution in [0.4, 0.5) is 17.1 Å². The van der Waals surface area contributed by atoms with Crippen molar-refractivity contribution in [3.05, 3.63) is 67.0 Å². The lowest BCUT2D eigenvalue weighted by atomic mass is 10.1. The number of hydrogen-bond acceptors (Lipinski definition) is 8. The first-order chi connectivity index (χ1) is 17.6. The molecule has 2 aromatic carbocycles. The average molecular weight is 483 g/mol. The monoisotopic (exact) mass is 482 g/mol. The van der Waals surface area contributed by atoms with Gasteiger partial charge in [-0.1, -0.05) is 6.07 Å². The van der Waals surface area contributed by atoms with Gasteiger partial charge in [0, 0.05) is 56.0 Å². The molecule has 36 heavy (non-hydrogen) atoms. The molecule has 1 aliphatic heterocycles. The van der Waals surface area contributed by atoms with Gasteiger partial charge < -0.3 is 24.5 Å². The summed E-state index contributed by atoms with van der Waals surface area (Å²) in [5, 5.41) is 10.8. The lowest BCUT2D eigenvalue weighted by Gasteiger charge is -2.35. The summed E-state index contributed by atoms with van der Waals surface area (Å²) in [6, 6.07) is 18.7. The molecule has 2 aromatic heterocycles. The fourth-order valence-electron chi connectivity index (χ4n) is 4.63. The lowest BCUT2D eigenvalue weighted by Crippen LogP contribution is -2.44. The number of likely N-dealkylation sites (N-methyl/N-ethyl adjacent to an activating group) is 1. The van der Waals surface area contributed by atoms with Crippen LogP contribution < -0.4 is 14.5 Å². The maximum absolute atomic E-state index is 10.2. The second kappa shape index (κ2) is 9.62. The van der Waals surface area contributed by atoms with Crippen molar-refractivity contribution in [2.24, 2.45) is 5.92 Å². The van der Waals surface area contributed by atoms with Gasteiger partial charge >= 0.3 is 6.01 Å². The van der Waals surface area contributed by atoms with Gasteiger partial charge in [0.05, 0.1) is 17.1 Å². The Labute approximate surface area is 210 Å². The van der Waals surface area contributed by atoms with Crippen molar-refractivity contribution in [1.82, 2.24) is 19.9 Å². The van der Waals surface area contributed by atoms with Crippen LogP contribution in [0.1, 0.15) is 12.8 Å². The summed E-state index contributed by atoms with van der Waals surface area (Å²) in [7, 11) is 2.19. The number of nitrogens with zero attached hydrogens (tertiary/aromatic N) is 6. The first-order valence-corrected chi connectivity index (χ1v) is 12.5. The molecule has 4 aromatic rings. The minimum Gasteiger partial charge on any atom is -0.493 e. The Morgan fingerprint density at radius 2 is 1.78 bits per heavy atom. The van der Waals surface area contributed by atoms with Crippen molar-refractivity contribution < 1.29 is 9.84 Å². The molecular formula is C28H30N6O2. The maximum atomic E-state index is 10.2. The maximum Gasteiger partial charge on any atom is 0.325 e. The van der Waals surface area contributed by atoms with Crippen molar-refractivity contribution in [2.45, 2.75) is 12.8 Å². The third-order valence-electron chi connectivity index (χ3n) is 6.96. The van der Waals surface area contributed by atoms with Gasteiger partial charge in [-0.15, -0.1) is 0 Å². The standard InChI is InChI=1S/C28H30N6O2/c1-32-13-15-33(16-14-32)22-3-2-4-23(17-22)34(19-20-5-6-20)21-7-9-24(10-8-21)36-28-30-26-18-29-12-11-25(26)27(35)31-28/h2-4,7-12,17-18,20H,5-6,13-16,19H2,1H3,(H,30,31,35). The number of pyridine rings is 1. The third-order valence-corrected chi connectivity index (χ3v) is 6.96. The molecule has 3 heterocycles. The van der Waals surface area contributed by atoms with Gasteiger partial charge in [-0.3, -0.25) is 4.98 Å². The average Bonchev–Trinajstić information content (AvgIpc) is 3.73. The summed E-state index contributed by atoms with van der Waals surface area (Å²) >= 11 is 0. The van der Waals surface area contributed by atoms with Gasteiger partial charge in [0.25, 0.3) is 0 Å². The largest absolute Gasteiger partial charge is 0.493 e. The summed E-state index contributed by atoms with van der Waals surface area (Å²) in [4.78, 5) is 19.8. The highest BCUT2D eigenvalue weighted by Gasteiger charge is 2.26. The lowest BCUT2D eigenvalue weighted by molar-refractivity contribution is 0.313. The van der Waals surface area contributed by atoms with Crippen LogP contribution in [0.5, 0.6) is 17.6 Å². The van der Waals surface area contributed by atoms with Gasteiger partial charge in [-0.05, 0) is 74.3 Å². The van der Waals surface area contributed by atoms with Crippen LogP contribution in [0, 0.1) is 5.92 Å². The third kappa shape index (κ3) is 4.90. The zero-order valence-corrected chi connectivity index (χ0v) is 20.4. The number of hydrogen-bond donors (Lipinski definition) is 1. The summed E-state index contributed by atoms with van der Waals surface area (Å²) in [5.74, 6) is 1.22. The van der Waals surface area contributed by atoms with Gasteiger partial charge in [0.2, 0.25) is 5.88 Å². The van der Waals surface area contributed by atoms with Crippen molar-refractivity contribution >= 4 is 28.0 Å². The van der Waals surface area contributed by atoms with E-state index in [9.17, 15) is 5.11 Å². The molecule has 2 aliphatic rings. The van der Waals surface area contributed by atoms with E-state index < -0.39 is 0 Å². The second-order valence-electron chi connectivity index (χ2n) is 9.68. The second-order valence-corrected chi connectivity index (χ2v) is 9.68. The van der Waals surface area contributed by atoms with Gasteiger partial charge in [-0.2, -0.15) is 9.97 Å². The number of benzene rings is 2. The van der Waals surface area contributed by atoms with Crippen LogP contribution in [-0.4, -0.2) is 64.7 Å². The van der Waals surface area contributed by atoms with E-state index in [4.69, 9.17) is 4.74 Å². The van der Waals surface area contributed by atoms with Crippen LogP contribution in [0.2, 0.25) is 0 Å². The zero-order chi connectivity index (χ0) is 24.5. The van der Waals surface area contributed by atoms with E-state index >= 15 is 0 Å². The smallest absolute Gasteiger partial charge is 0.325 e. The van der Waals surface area contributed by atoms with Crippen LogP contribution in [-0.2, 0) is 0 Å². The molecule has 8 heteroatoms. The highest BCUT2D eigenvalue weighted by atomic mass is 16.5. The molecule has 0 unspecified atom stereocenters. The highest BCUT2D eigenvalue weighted by Crippen LogP contribution is 2.37. The highest BCUT2D eigenvalue weighted by molar-refractivity contribution is 5.82. The summed E-state index contributed by atoms with van der Waals surface area (Å²) < 4.78 is 5.87. The minimum absolute atomic E-state index is 0.0930. The Morgan fingerprint density at radius 1 is 0.972 bits per heavy atom. The molecule has 8 nitrogen and oxygen atoms in total. The number of aromatic nitrogens is 3. The predicted octanol–water partition coefficient (Wildman–Crippen LogP) is 4.82. The fourth-order valence-corrected chi connectivity index (χ4v) is 4.63. The van der Waals surface area contributed by atoms with Crippen LogP contribution in [0.25, 0.3) is 10.9 Å². The first kappa shape index (κ1) is 22.5. The molecule has 0 atom stereocenters. The molecule has 1 saturated heterocycles. The Balaban J connectivity index is 1.23. The van der Waals surface area contributed by atoms with Gasteiger partial charge in [-0.25, -0.2) is 0 Å². The predicted molar refractivity (Wildman–Crippen MR) is 141 cm³/mol. The van der Waals surface area contributed by atoms with Crippen molar-refractivity contribution in [2.75, 3.05) is 49.6 Å². The molecule has 0 radical (unpaired) electrons. The molecule has 0 spiro atoms. The summed E-state index contributed by atoms with van der Waals surface area (Å²) in [5.41, 5.74) is 4.15. The van der Waals surface area contributed by atoms with Crippen molar-refractivity contribution in [3.8, 4) is 17.6 Å². The van der Waals surface area contributed by atoms with E-state index in [0.29, 0.717) is 16.7 Å². The molecule has 184 valence electrons. The minimum atomic E-state index is -0.120. The molecule has 2 fully saturated rings. The number of piperazine rings is 1. The molecule has 1 N–H and O–H groups in total. The van der Waals surface area contributed by atoms with E-state index in [1.165, 1.54) is 24.2 Å². The Kier molecular flexibility index (Phi) is 6.03. The number of rotatable bonds is 7. The summed E-state index contributed by atoms with van der Waals surface area (Å²) in [6.07, 6.45) is 5.75. The topological polar surface area (TPSA) is 77.9 Å². The van der Waals surface area contributed by atoms with E-state index in [2.05, 4.69) is 73.1 Å².